The Morgan fingerprint density at radius 2 is 2.04 bits per heavy atom. The zero-order chi connectivity index (χ0) is 17.0. The van der Waals surface area contributed by atoms with Gasteiger partial charge in [-0.1, -0.05) is 6.07 Å². The van der Waals surface area contributed by atoms with Crippen molar-refractivity contribution in [1.82, 2.24) is 4.90 Å². The Kier molecular flexibility index (Phi) is 5.81. The van der Waals surface area contributed by atoms with Crippen LogP contribution in [0.25, 0.3) is 0 Å². The minimum Gasteiger partial charge on any atom is -0.385 e. The molecule has 1 aliphatic rings. The highest BCUT2D eigenvalue weighted by Gasteiger charge is 2.34. The van der Waals surface area contributed by atoms with Crippen molar-refractivity contribution in [1.29, 1.82) is 0 Å². The Morgan fingerprint density at radius 3 is 2.61 bits per heavy atom. The maximum absolute atomic E-state index is 12.9. The summed E-state index contributed by atoms with van der Waals surface area (Å²) >= 11 is 0. The highest BCUT2D eigenvalue weighted by atomic mass is 32.2. The highest BCUT2D eigenvalue weighted by Crippen LogP contribution is 2.21. The van der Waals surface area contributed by atoms with Gasteiger partial charge in [-0.15, -0.1) is 0 Å². The fourth-order valence-electron chi connectivity index (χ4n) is 2.89. The summed E-state index contributed by atoms with van der Waals surface area (Å²) < 4.78 is 28.6. The van der Waals surface area contributed by atoms with E-state index in [4.69, 9.17) is 4.74 Å². The number of ether oxygens (including phenoxy) is 1. The van der Waals surface area contributed by atoms with Gasteiger partial charge >= 0.3 is 0 Å². The van der Waals surface area contributed by atoms with Crippen LogP contribution in [0.1, 0.15) is 34.3 Å². The van der Waals surface area contributed by atoms with Crippen LogP contribution in [0.2, 0.25) is 0 Å². The average molecular weight is 339 g/mol. The molecule has 128 valence electrons. The molecule has 1 aliphatic heterocycles. The van der Waals surface area contributed by atoms with Crippen molar-refractivity contribution >= 4 is 15.7 Å². The quantitative estimate of drug-likeness (QED) is 0.743. The lowest BCUT2D eigenvalue weighted by Crippen LogP contribution is -2.42. The molecular formula is C17H25NO4S. The van der Waals surface area contributed by atoms with Crippen LogP contribution in [0, 0.1) is 13.8 Å². The van der Waals surface area contributed by atoms with Gasteiger partial charge in [-0.3, -0.25) is 4.79 Å². The van der Waals surface area contributed by atoms with E-state index in [0.29, 0.717) is 31.6 Å². The van der Waals surface area contributed by atoms with Crippen molar-refractivity contribution in [3.63, 3.8) is 0 Å². The molecule has 0 radical (unpaired) electrons. The van der Waals surface area contributed by atoms with Gasteiger partial charge < -0.3 is 9.64 Å². The van der Waals surface area contributed by atoms with E-state index >= 15 is 0 Å². The summed E-state index contributed by atoms with van der Waals surface area (Å²) in [5.74, 6) is 0.140. The van der Waals surface area contributed by atoms with Gasteiger partial charge in [0.25, 0.3) is 5.91 Å². The molecule has 0 N–H and O–H groups in total. The summed E-state index contributed by atoms with van der Waals surface area (Å²) in [6, 6.07) is 5.40. The Bertz CT molecular complexity index is 669. The van der Waals surface area contributed by atoms with Crippen molar-refractivity contribution in [2.24, 2.45) is 0 Å². The number of rotatable bonds is 6. The molecule has 23 heavy (non-hydrogen) atoms. The monoisotopic (exact) mass is 339 g/mol. The fraction of sp³-hybridized carbons (Fsp3) is 0.588. The Labute approximate surface area is 138 Å². The van der Waals surface area contributed by atoms with Crippen molar-refractivity contribution < 1.29 is 17.9 Å². The van der Waals surface area contributed by atoms with Crippen LogP contribution in [0.3, 0.4) is 0 Å². The second-order valence-corrected chi connectivity index (χ2v) is 8.43. The fourth-order valence-corrected chi connectivity index (χ4v) is 4.62. The van der Waals surface area contributed by atoms with Crippen molar-refractivity contribution in [3.05, 3.63) is 34.9 Å². The first-order chi connectivity index (χ1) is 10.8. The third-order valence-corrected chi connectivity index (χ3v) is 6.16. The summed E-state index contributed by atoms with van der Waals surface area (Å²) in [4.78, 5) is 14.6. The van der Waals surface area contributed by atoms with Crippen LogP contribution in [-0.2, 0) is 14.6 Å². The molecule has 1 aromatic carbocycles. The molecule has 1 unspecified atom stereocenters. The van der Waals surface area contributed by atoms with Crippen molar-refractivity contribution in [2.45, 2.75) is 32.7 Å². The third kappa shape index (κ3) is 4.54. The van der Waals surface area contributed by atoms with Gasteiger partial charge in [-0.25, -0.2) is 8.42 Å². The molecule has 5 nitrogen and oxygen atoms in total. The minimum absolute atomic E-state index is 0.0660. The van der Waals surface area contributed by atoms with E-state index in [1.165, 1.54) is 0 Å². The molecule has 0 aromatic heterocycles. The number of hydrogen-bond donors (Lipinski definition) is 0. The van der Waals surface area contributed by atoms with Crippen LogP contribution in [0.15, 0.2) is 18.2 Å². The number of sulfone groups is 1. The molecule has 0 saturated carbocycles. The van der Waals surface area contributed by atoms with Gasteiger partial charge in [0.15, 0.2) is 9.84 Å². The number of amides is 1. The van der Waals surface area contributed by atoms with Crippen molar-refractivity contribution in [2.75, 3.05) is 31.8 Å². The van der Waals surface area contributed by atoms with Crippen LogP contribution in [0.5, 0.6) is 0 Å². The van der Waals surface area contributed by atoms with Gasteiger partial charge in [0.1, 0.15) is 0 Å². The third-order valence-electron chi connectivity index (χ3n) is 4.41. The van der Waals surface area contributed by atoms with Crippen LogP contribution in [-0.4, -0.2) is 57.0 Å². The molecule has 1 amide bonds. The average Bonchev–Trinajstić information content (AvgIpc) is 2.86. The van der Waals surface area contributed by atoms with Gasteiger partial charge in [0.05, 0.1) is 11.5 Å². The summed E-state index contributed by atoms with van der Waals surface area (Å²) in [5, 5.41) is 0. The first-order valence-electron chi connectivity index (χ1n) is 7.91. The summed E-state index contributed by atoms with van der Waals surface area (Å²) in [5.41, 5.74) is 2.82. The number of methoxy groups -OCH3 is 1. The zero-order valence-electron chi connectivity index (χ0n) is 14.0. The molecule has 1 atom stereocenters. The normalized spacial score (nSPS) is 19.7. The number of benzene rings is 1. The van der Waals surface area contributed by atoms with E-state index in [1.807, 2.05) is 32.0 Å². The number of aryl methyl sites for hydroxylation is 2. The number of hydrogen-bond acceptors (Lipinski definition) is 4. The van der Waals surface area contributed by atoms with Crippen LogP contribution in [0.4, 0.5) is 0 Å². The van der Waals surface area contributed by atoms with Crippen molar-refractivity contribution in [3.8, 4) is 0 Å². The van der Waals surface area contributed by atoms with E-state index in [9.17, 15) is 13.2 Å². The minimum atomic E-state index is -3.03. The molecule has 1 fully saturated rings. The molecule has 0 spiro atoms. The maximum atomic E-state index is 12.9. The van der Waals surface area contributed by atoms with E-state index in [0.717, 1.165) is 11.1 Å². The second kappa shape index (κ2) is 7.45. The SMILES string of the molecule is COCCCN(C(=O)c1ccc(C)c(C)c1)C1CCS(=O)(=O)C1. The Balaban J connectivity index is 2.21. The molecule has 1 aromatic rings. The first-order valence-corrected chi connectivity index (χ1v) is 9.74. The first kappa shape index (κ1) is 17.9. The largest absolute Gasteiger partial charge is 0.385 e. The van der Waals surface area contributed by atoms with E-state index < -0.39 is 9.84 Å². The number of carbonyl (C=O) groups excluding carboxylic acids is 1. The predicted octanol–water partition coefficient (Wildman–Crippen LogP) is 1.97. The molecular weight excluding hydrogens is 314 g/mol. The Hall–Kier alpha value is -1.40. The van der Waals surface area contributed by atoms with E-state index in [-0.39, 0.29) is 23.5 Å². The maximum Gasteiger partial charge on any atom is 0.254 e. The standard InChI is InChI=1S/C17H25NO4S/c1-13-5-6-15(11-14(13)2)17(19)18(8-4-9-22-3)16-7-10-23(20,21)12-16/h5-6,11,16H,4,7-10,12H2,1-3H3. The summed E-state index contributed by atoms with van der Waals surface area (Å²) in [6.07, 6.45) is 1.22. The summed E-state index contributed by atoms with van der Waals surface area (Å²) in [6.45, 7) is 5.04. The molecule has 0 aliphatic carbocycles. The van der Waals surface area contributed by atoms with Crippen LogP contribution >= 0.6 is 0 Å². The summed E-state index contributed by atoms with van der Waals surface area (Å²) in [7, 11) is -1.41. The van der Waals surface area contributed by atoms with E-state index in [1.54, 1.807) is 12.0 Å². The predicted molar refractivity (Wildman–Crippen MR) is 90.5 cm³/mol. The van der Waals surface area contributed by atoms with Gasteiger partial charge in [-0.2, -0.15) is 0 Å². The lowest BCUT2D eigenvalue weighted by Gasteiger charge is -2.28. The second-order valence-electron chi connectivity index (χ2n) is 6.20. The van der Waals surface area contributed by atoms with Gasteiger partial charge in [0.2, 0.25) is 0 Å². The number of nitrogens with zero attached hydrogens (tertiary/aromatic N) is 1. The van der Waals surface area contributed by atoms with Gasteiger partial charge in [0, 0.05) is 31.9 Å². The zero-order valence-corrected chi connectivity index (χ0v) is 14.9. The lowest BCUT2D eigenvalue weighted by atomic mass is 10.0. The molecule has 6 heteroatoms. The Morgan fingerprint density at radius 1 is 1.30 bits per heavy atom. The van der Waals surface area contributed by atoms with Gasteiger partial charge in [-0.05, 0) is 49.9 Å². The molecule has 2 rings (SSSR count). The van der Waals surface area contributed by atoms with E-state index in [2.05, 4.69) is 0 Å². The molecule has 1 saturated heterocycles. The highest BCUT2D eigenvalue weighted by molar-refractivity contribution is 7.91. The topological polar surface area (TPSA) is 63.7 Å². The number of carbonyl (C=O) groups is 1. The molecule has 1 heterocycles. The lowest BCUT2D eigenvalue weighted by molar-refractivity contribution is 0.0674. The molecule has 0 bridgehead atoms. The van der Waals surface area contributed by atoms with Crippen LogP contribution < -0.4 is 0 Å². The smallest absolute Gasteiger partial charge is 0.254 e.